The van der Waals surface area contributed by atoms with E-state index >= 15 is 0 Å². The van der Waals surface area contributed by atoms with Crippen molar-refractivity contribution in [3.63, 3.8) is 0 Å². The molecule has 0 aliphatic rings. The van der Waals surface area contributed by atoms with Gasteiger partial charge in [-0.25, -0.2) is 8.78 Å². The number of pyridine rings is 2. The van der Waals surface area contributed by atoms with Crippen LogP contribution in [0.5, 0.6) is 0 Å². The highest BCUT2D eigenvalue weighted by Crippen LogP contribution is 2.39. The molecule has 0 aliphatic carbocycles. The summed E-state index contributed by atoms with van der Waals surface area (Å²) >= 11 is 0. The largest absolute Gasteiger partial charge is 0.314 e. The van der Waals surface area contributed by atoms with Crippen LogP contribution in [-0.4, -0.2) is 14.0 Å². The predicted octanol–water partition coefficient (Wildman–Crippen LogP) is 5.30. The molecule has 0 fully saturated rings. The fourth-order valence-electron chi connectivity index (χ4n) is 4.11. The topological polar surface area (TPSA) is 22.2 Å². The molecule has 3 nitrogen and oxygen atoms in total. The van der Waals surface area contributed by atoms with Crippen molar-refractivity contribution in [1.29, 1.82) is 0 Å². The number of hydrogen-bond acceptors (Lipinski definition) is 1. The summed E-state index contributed by atoms with van der Waals surface area (Å²) in [5.74, 6) is -1.19. The first kappa shape index (κ1) is 13.8. The van der Waals surface area contributed by atoms with Crippen LogP contribution in [0.1, 0.15) is 0 Å². The molecule has 6 rings (SSSR count). The summed E-state index contributed by atoms with van der Waals surface area (Å²) in [5, 5.41) is 2.05. The van der Waals surface area contributed by atoms with Gasteiger partial charge in [0, 0.05) is 29.2 Å². The van der Waals surface area contributed by atoms with Crippen LogP contribution < -0.4 is 0 Å². The molecule has 0 amide bonds. The lowest BCUT2D eigenvalue weighted by Crippen LogP contribution is -1.96. The molecular weight excluding hydrogens is 332 g/mol. The monoisotopic (exact) mass is 343 g/mol. The normalized spacial score (nSPS) is 12.2. The number of aromatic nitrogens is 3. The highest BCUT2D eigenvalue weighted by Gasteiger charge is 2.20. The van der Waals surface area contributed by atoms with E-state index in [1.54, 1.807) is 6.20 Å². The van der Waals surface area contributed by atoms with Gasteiger partial charge in [0.25, 0.3) is 0 Å². The first-order valence-electron chi connectivity index (χ1n) is 8.29. The van der Waals surface area contributed by atoms with Gasteiger partial charge in [0.2, 0.25) is 0 Å². The average molecular weight is 343 g/mol. The smallest absolute Gasteiger partial charge is 0.128 e. The van der Waals surface area contributed by atoms with Crippen LogP contribution in [-0.2, 0) is 0 Å². The van der Waals surface area contributed by atoms with E-state index in [2.05, 4.69) is 15.5 Å². The molecule has 0 aliphatic heterocycles. The number of benzene rings is 2. The molecule has 26 heavy (non-hydrogen) atoms. The second-order valence-corrected chi connectivity index (χ2v) is 6.45. The molecule has 4 heterocycles. The van der Waals surface area contributed by atoms with Crippen molar-refractivity contribution in [2.45, 2.75) is 0 Å². The van der Waals surface area contributed by atoms with Gasteiger partial charge < -0.3 is 8.97 Å². The maximum absolute atomic E-state index is 13.9. The lowest BCUT2D eigenvalue weighted by Gasteiger charge is -2.08. The molecular formula is C21H11F2N3. The molecule has 0 bridgehead atoms. The molecule has 0 atom stereocenters. The Morgan fingerprint density at radius 2 is 1.46 bits per heavy atom. The maximum atomic E-state index is 13.9. The molecule has 0 spiro atoms. The van der Waals surface area contributed by atoms with Crippen molar-refractivity contribution < 1.29 is 8.78 Å². The molecule has 4 aromatic heterocycles. The Morgan fingerprint density at radius 3 is 2.31 bits per heavy atom. The zero-order valence-electron chi connectivity index (χ0n) is 13.4. The van der Waals surface area contributed by atoms with Crippen molar-refractivity contribution in [1.82, 2.24) is 14.0 Å². The van der Waals surface area contributed by atoms with E-state index in [9.17, 15) is 8.78 Å². The molecule has 0 saturated heterocycles. The SMILES string of the molecule is Fc1cc(F)cc(-n2c3ccnc4c3c3c2cccc3n2cccc42)c1. The molecule has 0 saturated carbocycles. The highest BCUT2D eigenvalue weighted by molar-refractivity contribution is 6.25. The van der Waals surface area contributed by atoms with Gasteiger partial charge in [-0.3, -0.25) is 4.98 Å². The second-order valence-electron chi connectivity index (χ2n) is 6.45. The van der Waals surface area contributed by atoms with E-state index in [-0.39, 0.29) is 0 Å². The number of hydrogen-bond donors (Lipinski definition) is 0. The third-order valence-electron chi connectivity index (χ3n) is 5.04. The molecule has 0 radical (unpaired) electrons. The maximum Gasteiger partial charge on any atom is 0.128 e. The van der Waals surface area contributed by atoms with Crippen LogP contribution in [0.4, 0.5) is 8.78 Å². The minimum absolute atomic E-state index is 0.461. The summed E-state index contributed by atoms with van der Waals surface area (Å²) in [4.78, 5) is 4.59. The Bertz CT molecular complexity index is 1360. The molecule has 5 heteroatoms. The van der Waals surface area contributed by atoms with Gasteiger partial charge in [-0.1, -0.05) is 6.07 Å². The van der Waals surface area contributed by atoms with E-state index < -0.39 is 11.6 Å². The quantitative estimate of drug-likeness (QED) is 0.371. The summed E-state index contributed by atoms with van der Waals surface area (Å²) in [5.41, 5.74) is 5.18. The van der Waals surface area contributed by atoms with Crippen molar-refractivity contribution >= 4 is 38.4 Å². The van der Waals surface area contributed by atoms with Crippen LogP contribution in [0, 0.1) is 11.6 Å². The number of halogens is 2. The molecule has 2 aromatic carbocycles. The number of nitrogens with zero attached hydrogens (tertiary/aromatic N) is 3. The summed E-state index contributed by atoms with van der Waals surface area (Å²) in [6.07, 6.45) is 3.75. The minimum atomic E-state index is -0.596. The van der Waals surface area contributed by atoms with E-state index in [0.717, 1.165) is 44.4 Å². The Hall–Kier alpha value is -3.47. The lowest BCUT2D eigenvalue weighted by atomic mass is 10.1. The van der Waals surface area contributed by atoms with Crippen LogP contribution in [0.25, 0.3) is 44.0 Å². The Morgan fingerprint density at radius 1 is 0.731 bits per heavy atom. The predicted molar refractivity (Wildman–Crippen MR) is 98.1 cm³/mol. The van der Waals surface area contributed by atoms with Crippen LogP contribution >= 0.6 is 0 Å². The summed E-state index contributed by atoms with van der Waals surface area (Å²) < 4.78 is 31.8. The van der Waals surface area contributed by atoms with E-state index in [0.29, 0.717) is 5.69 Å². The summed E-state index contributed by atoms with van der Waals surface area (Å²) in [6.45, 7) is 0. The first-order chi connectivity index (χ1) is 12.7. The second kappa shape index (κ2) is 4.58. The van der Waals surface area contributed by atoms with Crippen molar-refractivity contribution in [2.75, 3.05) is 0 Å². The van der Waals surface area contributed by atoms with E-state index in [4.69, 9.17) is 0 Å². The van der Waals surface area contributed by atoms with Crippen molar-refractivity contribution in [3.05, 3.63) is 78.6 Å². The van der Waals surface area contributed by atoms with Crippen LogP contribution in [0.3, 0.4) is 0 Å². The third-order valence-corrected chi connectivity index (χ3v) is 5.04. The standard InChI is InChI=1S/C21H11F2N3/c22-12-9-13(23)11-14(10-12)26-16-4-1-3-15-19(16)20-17(26)6-7-24-21(20)18-5-2-8-25(15)18/h1-11H. The van der Waals surface area contributed by atoms with Gasteiger partial charge in [-0.2, -0.15) is 0 Å². The van der Waals surface area contributed by atoms with Crippen LogP contribution in [0.15, 0.2) is 67.0 Å². The van der Waals surface area contributed by atoms with E-state index in [1.807, 2.05) is 41.1 Å². The van der Waals surface area contributed by atoms with Gasteiger partial charge in [0.1, 0.15) is 11.6 Å². The van der Waals surface area contributed by atoms with E-state index in [1.165, 1.54) is 12.1 Å². The fourth-order valence-corrected chi connectivity index (χ4v) is 4.11. The first-order valence-corrected chi connectivity index (χ1v) is 8.29. The molecule has 0 unspecified atom stereocenters. The van der Waals surface area contributed by atoms with Crippen molar-refractivity contribution in [2.24, 2.45) is 0 Å². The van der Waals surface area contributed by atoms with Gasteiger partial charge in [-0.15, -0.1) is 0 Å². The van der Waals surface area contributed by atoms with Gasteiger partial charge in [-0.05, 0) is 42.5 Å². The zero-order valence-corrected chi connectivity index (χ0v) is 13.4. The fraction of sp³-hybridized carbons (Fsp3) is 0. The minimum Gasteiger partial charge on any atom is -0.314 e. The highest BCUT2D eigenvalue weighted by atomic mass is 19.1. The van der Waals surface area contributed by atoms with Gasteiger partial charge >= 0.3 is 0 Å². The Kier molecular flexibility index (Phi) is 2.43. The van der Waals surface area contributed by atoms with Gasteiger partial charge in [0.05, 0.1) is 33.3 Å². The lowest BCUT2D eigenvalue weighted by molar-refractivity contribution is 0.582. The van der Waals surface area contributed by atoms with Crippen LogP contribution in [0.2, 0.25) is 0 Å². The summed E-state index contributed by atoms with van der Waals surface area (Å²) in [7, 11) is 0. The average Bonchev–Trinajstić information content (AvgIpc) is 3.24. The Labute approximate surface area is 146 Å². The third kappa shape index (κ3) is 1.57. The summed E-state index contributed by atoms with van der Waals surface area (Å²) in [6, 6.07) is 15.5. The molecule has 0 N–H and O–H groups in total. The number of fused-ring (bicyclic) bond motifs is 3. The molecule has 6 aromatic rings. The Balaban J connectivity index is 1.94. The zero-order chi connectivity index (χ0) is 17.4. The van der Waals surface area contributed by atoms with Crippen molar-refractivity contribution in [3.8, 4) is 5.69 Å². The molecule has 124 valence electrons. The van der Waals surface area contributed by atoms with Gasteiger partial charge in [0.15, 0.2) is 0 Å². The number of rotatable bonds is 1.